The second-order valence-corrected chi connectivity index (χ2v) is 7.49. The maximum atomic E-state index is 13.4. The molecule has 1 atom stereocenters. The van der Waals surface area contributed by atoms with E-state index in [0.717, 1.165) is 24.2 Å². The molecule has 7 heteroatoms. The van der Waals surface area contributed by atoms with Gasteiger partial charge >= 0.3 is 0 Å². The molecule has 7 nitrogen and oxygen atoms in total. The number of rotatable bonds is 7. The first-order chi connectivity index (χ1) is 14.5. The van der Waals surface area contributed by atoms with E-state index >= 15 is 0 Å². The topological polar surface area (TPSA) is 73.9 Å². The minimum atomic E-state index is -0.418. The molecule has 1 aliphatic heterocycles. The molecule has 2 aromatic rings. The lowest BCUT2D eigenvalue weighted by molar-refractivity contribution is -0.125. The van der Waals surface area contributed by atoms with Crippen molar-refractivity contribution in [2.24, 2.45) is 0 Å². The highest BCUT2D eigenvalue weighted by Crippen LogP contribution is 2.29. The zero-order valence-electron chi connectivity index (χ0n) is 17.9. The van der Waals surface area contributed by atoms with E-state index in [1.807, 2.05) is 55.5 Å². The number of methoxy groups -OCH3 is 1. The minimum Gasteiger partial charge on any atom is -0.495 e. The molecule has 0 radical (unpaired) electrons. The van der Waals surface area contributed by atoms with Crippen LogP contribution in [0.3, 0.4) is 0 Å². The molecule has 1 fully saturated rings. The Morgan fingerprint density at radius 3 is 2.40 bits per heavy atom. The zero-order chi connectivity index (χ0) is 21.5. The van der Waals surface area contributed by atoms with E-state index in [4.69, 9.17) is 4.74 Å². The Balaban J connectivity index is 1.78. The van der Waals surface area contributed by atoms with Crippen LogP contribution in [0.25, 0.3) is 0 Å². The minimum absolute atomic E-state index is 0.00680. The number of piperazine rings is 1. The SMILES string of the molecule is CNC(=O)CN1CCN([C@H](C(=O)Nc2cc(C)ccc2OC)c2ccccc2)CC1. The van der Waals surface area contributed by atoms with Crippen molar-refractivity contribution in [1.29, 1.82) is 0 Å². The van der Waals surface area contributed by atoms with Gasteiger partial charge in [0.25, 0.3) is 0 Å². The van der Waals surface area contributed by atoms with Gasteiger partial charge in [0, 0.05) is 33.2 Å². The fraction of sp³-hybridized carbons (Fsp3) is 0.391. The van der Waals surface area contributed by atoms with Crippen LogP contribution in [-0.4, -0.2) is 68.5 Å². The smallest absolute Gasteiger partial charge is 0.246 e. The molecule has 0 unspecified atom stereocenters. The van der Waals surface area contributed by atoms with Gasteiger partial charge in [0.15, 0.2) is 0 Å². The van der Waals surface area contributed by atoms with Gasteiger partial charge in [-0.3, -0.25) is 19.4 Å². The van der Waals surface area contributed by atoms with E-state index in [-0.39, 0.29) is 11.8 Å². The fourth-order valence-electron chi connectivity index (χ4n) is 3.75. The van der Waals surface area contributed by atoms with Crippen molar-refractivity contribution in [3.05, 3.63) is 59.7 Å². The summed E-state index contributed by atoms with van der Waals surface area (Å²) < 4.78 is 5.42. The van der Waals surface area contributed by atoms with Crippen LogP contribution in [0.2, 0.25) is 0 Å². The molecular weight excluding hydrogens is 380 g/mol. The fourth-order valence-corrected chi connectivity index (χ4v) is 3.75. The van der Waals surface area contributed by atoms with Crippen LogP contribution in [0.4, 0.5) is 5.69 Å². The molecule has 2 N–H and O–H groups in total. The van der Waals surface area contributed by atoms with E-state index < -0.39 is 6.04 Å². The summed E-state index contributed by atoms with van der Waals surface area (Å²) in [6, 6.07) is 15.1. The molecule has 3 rings (SSSR count). The summed E-state index contributed by atoms with van der Waals surface area (Å²) in [6.45, 7) is 5.24. The molecule has 160 valence electrons. The number of hydrogen-bond donors (Lipinski definition) is 2. The summed E-state index contributed by atoms with van der Waals surface area (Å²) in [6.07, 6.45) is 0. The molecule has 0 bridgehead atoms. The normalized spacial score (nSPS) is 16.0. The summed E-state index contributed by atoms with van der Waals surface area (Å²) in [5.41, 5.74) is 2.66. The standard InChI is InChI=1S/C23H30N4O3/c1-17-9-10-20(30-3)19(15-17)25-23(29)22(18-7-5-4-6-8-18)27-13-11-26(12-14-27)16-21(28)24-2/h4-10,15,22H,11-14,16H2,1-3H3,(H,24,28)(H,25,29)/t22-/m0/s1. The van der Waals surface area contributed by atoms with E-state index in [0.29, 0.717) is 31.1 Å². The lowest BCUT2D eigenvalue weighted by atomic mass is 10.0. The maximum Gasteiger partial charge on any atom is 0.246 e. The lowest BCUT2D eigenvalue weighted by Gasteiger charge is -2.38. The second kappa shape index (κ2) is 10.2. The Bertz CT molecular complexity index is 864. The molecule has 2 amide bonds. The van der Waals surface area contributed by atoms with Crippen molar-refractivity contribution in [2.45, 2.75) is 13.0 Å². The third-order valence-electron chi connectivity index (χ3n) is 5.39. The third-order valence-corrected chi connectivity index (χ3v) is 5.39. The van der Waals surface area contributed by atoms with Crippen LogP contribution in [0, 0.1) is 6.92 Å². The highest BCUT2D eigenvalue weighted by atomic mass is 16.5. The number of anilines is 1. The number of amides is 2. The Kier molecular flexibility index (Phi) is 7.43. The predicted octanol–water partition coefficient (Wildman–Crippen LogP) is 2.05. The molecular formula is C23H30N4O3. The van der Waals surface area contributed by atoms with Crippen molar-refractivity contribution in [1.82, 2.24) is 15.1 Å². The van der Waals surface area contributed by atoms with Crippen molar-refractivity contribution in [3.8, 4) is 5.75 Å². The molecule has 1 saturated heterocycles. The summed E-state index contributed by atoms with van der Waals surface area (Å²) in [7, 11) is 3.24. The molecule has 1 aliphatic rings. The summed E-state index contributed by atoms with van der Waals surface area (Å²) in [4.78, 5) is 29.4. The molecule has 0 saturated carbocycles. The van der Waals surface area contributed by atoms with Crippen molar-refractivity contribution in [3.63, 3.8) is 0 Å². The van der Waals surface area contributed by atoms with Crippen molar-refractivity contribution in [2.75, 3.05) is 52.2 Å². The van der Waals surface area contributed by atoms with Crippen LogP contribution in [-0.2, 0) is 9.59 Å². The van der Waals surface area contributed by atoms with E-state index in [9.17, 15) is 9.59 Å². The Morgan fingerprint density at radius 2 is 1.77 bits per heavy atom. The Labute approximate surface area is 178 Å². The van der Waals surface area contributed by atoms with Gasteiger partial charge in [-0.05, 0) is 30.2 Å². The monoisotopic (exact) mass is 410 g/mol. The van der Waals surface area contributed by atoms with Crippen molar-refractivity contribution >= 4 is 17.5 Å². The Hall–Kier alpha value is -2.90. The van der Waals surface area contributed by atoms with E-state index in [2.05, 4.69) is 20.4 Å². The third kappa shape index (κ3) is 5.37. The summed E-state index contributed by atoms with van der Waals surface area (Å²) in [5, 5.41) is 5.73. The van der Waals surface area contributed by atoms with Gasteiger partial charge in [-0.2, -0.15) is 0 Å². The zero-order valence-corrected chi connectivity index (χ0v) is 17.9. The van der Waals surface area contributed by atoms with Gasteiger partial charge in [0.2, 0.25) is 11.8 Å². The first-order valence-electron chi connectivity index (χ1n) is 10.2. The van der Waals surface area contributed by atoms with Gasteiger partial charge in [0.1, 0.15) is 11.8 Å². The second-order valence-electron chi connectivity index (χ2n) is 7.49. The van der Waals surface area contributed by atoms with Crippen LogP contribution in [0.5, 0.6) is 5.75 Å². The number of ether oxygens (including phenoxy) is 1. The molecule has 0 aliphatic carbocycles. The molecule has 0 spiro atoms. The molecule has 1 heterocycles. The first-order valence-corrected chi connectivity index (χ1v) is 10.2. The van der Waals surface area contributed by atoms with Crippen LogP contribution in [0.1, 0.15) is 17.2 Å². The number of nitrogens with zero attached hydrogens (tertiary/aromatic N) is 2. The van der Waals surface area contributed by atoms with Crippen molar-refractivity contribution < 1.29 is 14.3 Å². The number of carbonyl (C=O) groups is 2. The van der Waals surface area contributed by atoms with Crippen LogP contribution < -0.4 is 15.4 Å². The summed E-state index contributed by atoms with van der Waals surface area (Å²) >= 11 is 0. The highest BCUT2D eigenvalue weighted by Gasteiger charge is 2.31. The van der Waals surface area contributed by atoms with Gasteiger partial charge < -0.3 is 15.4 Å². The van der Waals surface area contributed by atoms with E-state index in [1.54, 1.807) is 14.2 Å². The number of hydrogen-bond acceptors (Lipinski definition) is 5. The summed E-state index contributed by atoms with van der Waals surface area (Å²) in [5.74, 6) is 0.549. The predicted molar refractivity (Wildman–Crippen MR) is 118 cm³/mol. The maximum absolute atomic E-state index is 13.4. The number of carbonyl (C=O) groups excluding carboxylic acids is 2. The first kappa shape index (κ1) is 21.8. The van der Waals surface area contributed by atoms with Crippen LogP contribution in [0.15, 0.2) is 48.5 Å². The average Bonchev–Trinajstić information content (AvgIpc) is 2.76. The van der Waals surface area contributed by atoms with Gasteiger partial charge in [-0.25, -0.2) is 0 Å². The average molecular weight is 411 g/mol. The number of nitrogens with one attached hydrogen (secondary N) is 2. The molecule has 30 heavy (non-hydrogen) atoms. The van der Waals surface area contributed by atoms with Gasteiger partial charge in [0.05, 0.1) is 19.3 Å². The lowest BCUT2D eigenvalue weighted by Crippen LogP contribution is -2.51. The molecule has 0 aromatic heterocycles. The van der Waals surface area contributed by atoms with Gasteiger partial charge in [-0.1, -0.05) is 36.4 Å². The molecule has 2 aromatic carbocycles. The van der Waals surface area contributed by atoms with Crippen LogP contribution >= 0.6 is 0 Å². The Morgan fingerprint density at radius 1 is 1.07 bits per heavy atom. The quantitative estimate of drug-likeness (QED) is 0.731. The number of benzene rings is 2. The largest absolute Gasteiger partial charge is 0.495 e. The highest BCUT2D eigenvalue weighted by molar-refractivity contribution is 5.96. The van der Waals surface area contributed by atoms with Gasteiger partial charge in [-0.15, -0.1) is 0 Å². The van der Waals surface area contributed by atoms with E-state index in [1.165, 1.54) is 0 Å². The number of aryl methyl sites for hydroxylation is 1. The number of likely N-dealkylation sites (N-methyl/N-ethyl adjacent to an activating group) is 1.